The van der Waals surface area contributed by atoms with Crippen molar-refractivity contribution in [3.63, 3.8) is 0 Å². The fraction of sp³-hybridized carbons (Fsp3) is 0.643. The van der Waals surface area contributed by atoms with Gasteiger partial charge < -0.3 is 9.47 Å². The third-order valence-corrected chi connectivity index (χ3v) is 2.59. The van der Waals surface area contributed by atoms with E-state index in [1.54, 1.807) is 6.20 Å². The van der Waals surface area contributed by atoms with Crippen molar-refractivity contribution in [1.29, 1.82) is 0 Å². The lowest BCUT2D eigenvalue weighted by atomic mass is 10.1. The molecule has 0 amide bonds. The molecule has 0 radical (unpaired) electrons. The van der Waals surface area contributed by atoms with E-state index in [4.69, 9.17) is 9.47 Å². The zero-order valence-electron chi connectivity index (χ0n) is 11.1. The number of pyridine rings is 1. The molecule has 1 aliphatic carbocycles. The first-order valence-corrected chi connectivity index (χ1v) is 6.39. The topological polar surface area (TPSA) is 31.4 Å². The van der Waals surface area contributed by atoms with Crippen LogP contribution in [0, 0.1) is 0 Å². The van der Waals surface area contributed by atoms with Gasteiger partial charge in [-0.15, -0.1) is 0 Å². The van der Waals surface area contributed by atoms with Crippen LogP contribution in [0.2, 0.25) is 0 Å². The van der Waals surface area contributed by atoms with Crippen molar-refractivity contribution < 1.29 is 9.47 Å². The number of rotatable bonds is 5. The molecule has 1 aromatic rings. The predicted octanol–water partition coefficient (Wildman–Crippen LogP) is 3.53. The van der Waals surface area contributed by atoms with Crippen LogP contribution >= 0.6 is 0 Å². The second-order valence-electron chi connectivity index (χ2n) is 5.19. The monoisotopic (exact) mass is 235 g/mol. The summed E-state index contributed by atoms with van der Waals surface area (Å²) in [6, 6.07) is 1.97. The van der Waals surface area contributed by atoms with Crippen molar-refractivity contribution in [2.45, 2.75) is 58.7 Å². The second kappa shape index (κ2) is 4.94. The highest BCUT2D eigenvalue weighted by molar-refractivity contribution is 5.37. The van der Waals surface area contributed by atoms with Gasteiger partial charge in [-0.05, 0) is 32.6 Å². The van der Waals surface area contributed by atoms with Crippen LogP contribution in [0.3, 0.4) is 0 Å². The summed E-state index contributed by atoms with van der Waals surface area (Å²) < 4.78 is 11.5. The van der Waals surface area contributed by atoms with Crippen molar-refractivity contribution in [3.05, 3.63) is 18.0 Å². The Kier molecular flexibility index (Phi) is 3.55. The summed E-state index contributed by atoms with van der Waals surface area (Å²) in [5.74, 6) is 2.05. The summed E-state index contributed by atoms with van der Waals surface area (Å²) in [5, 5.41) is 0. The molecule has 0 saturated heterocycles. The van der Waals surface area contributed by atoms with E-state index >= 15 is 0 Å². The summed E-state index contributed by atoms with van der Waals surface area (Å²) in [6.45, 7) is 8.28. The van der Waals surface area contributed by atoms with Gasteiger partial charge in [-0.3, -0.25) is 4.98 Å². The Labute approximate surface area is 103 Å². The van der Waals surface area contributed by atoms with Crippen molar-refractivity contribution in [2.75, 3.05) is 0 Å². The smallest absolute Gasteiger partial charge is 0.145 e. The number of nitrogens with zero attached hydrogens (tertiary/aromatic N) is 1. The van der Waals surface area contributed by atoms with E-state index in [0.717, 1.165) is 30.0 Å². The summed E-state index contributed by atoms with van der Waals surface area (Å²) in [7, 11) is 0. The molecule has 0 bridgehead atoms. The molecule has 17 heavy (non-hydrogen) atoms. The average molecular weight is 235 g/mol. The second-order valence-corrected chi connectivity index (χ2v) is 5.19. The minimum Gasteiger partial charge on any atom is -0.489 e. The Bertz CT molecular complexity index is 384. The molecule has 3 heteroatoms. The maximum Gasteiger partial charge on any atom is 0.145 e. The van der Waals surface area contributed by atoms with Crippen molar-refractivity contribution in [1.82, 2.24) is 4.98 Å². The van der Waals surface area contributed by atoms with Gasteiger partial charge in [0.25, 0.3) is 0 Å². The van der Waals surface area contributed by atoms with Crippen molar-refractivity contribution in [2.24, 2.45) is 0 Å². The highest BCUT2D eigenvalue weighted by atomic mass is 16.5. The van der Waals surface area contributed by atoms with Gasteiger partial charge in [0.2, 0.25) is 0 Å². The van der Waals surface area contributed by atoms with Crippen molar-refractivity contribution in [3.8, 4) is 11.5 Å². The van der Waals surface area contributed by atoms with Gasteiger partial charge in [0.05, 0.1) is 24.1 Å². The standard InChI is InChI=1S/C14H21NO2/c1-9(2)14-13(17-11-5-6-11)7-12(8-15-14)16-10(3)4/h7-11H,5-6H2,1-4H3. The summed E-state index contributed by atoms with van der Waals surface area (Å²) in [4.78, 5) is 4.46. The zero-order valence-corrected chi connectivity index (χ0v) is 11.1. The summed E-state index contributed by atoms with van der Waals surface area (Å²) >= 11 is 0. The average Bonchev–Trinajstić information content (AvgIpc) is 3.00. The number of hydrogen-bond acceptors (Lipinski definition) is 3. The molecule has 1 aliphatic rings. The quantitative estimate of drug-likeness (QED) is 0.782. The van der Waals surface area contributed by atoms with E-state index in [9.17, 15) is 0 Å². The molecule has 0 spiro atoms. The van der Waals surface area contributed by atoms with E-state index in [1.807, 2.05) is 19.9 Å². The normalized spacial score (nSPS) is 15.4. The fourth-order valence-electron chi connectivity index (χ4n) is 1.67. The van der Waals surface area contributed by atoms with Crippen LogP contribution in [0.4, 0.5) is 0 Å². The van der Waals surface area contributed by atoms with Crippen molar-refractivity contribution >= 4 is 0 Å². The molecule has 1 fully saturated rings. The Balaban J connectivity index is 2.21. The molecule has 0 aromatic carbocycles. The Morgan fingerprint density at radius 2 is 1.94 bits per heavy atom. The van der Waals surface area contributed by atoms with Crippen LogP contribution in [0.1, 0.15) is 52.1 Å². The minimum atomic E-state index is 0.162. The van der Waals surface area contributed by atoms with E-state index in [1.165, 1.54) is 0 Å². The molecule has 0 N–H and O–H groups in total. The van der Waals surface area contributed by atoms with E-state index in [-0.39, 0.29) is 6.10 Å². The maximum absolute atomic E-state index is 5.90. The first-order valence-electron chi connectivity index (χ1n) is 6.39. The highest BCUT2D eigenvalue weighted by Gasteiger charge is 2.25. The third-order valence-electron chi connectivity index (χ3n) is 2.59. The van der Waals surface area contributed by atoms with Gasteiger partial charge in [-0.25, -0.2) is 0 Å². The minimum absolute atomic E-state index is 0.162. The zero-order chi connectivity index (χ0) is 12.4. The lowest BCUT2D eigenvalue weighted by molar-refractivity contribution is 0.237. The largest absolute Gasteiger partial charge is 0.489 e. The Hall–Kier alpha value is -1.25. The number of hydrogen-bond donors (Lipinski definition) is 0. The SMILES string of the molecule is CC(C)Oc1cnc(C(C)C)c(OC2CC2)c1. The number of aromatic nitrogens is 1. The molecule has 3 nitrogen and oxygen atoms in total. The molecular weight excluding hydrogens is 214 g/mol. The first kappa shape index (κ1) is 12.2. The van der Waals surface area contributed by atoms with Gasteiger partial charge in [0, 0.05) is 6.07 Å². The van der Waals surface area contributed by atoms with Crippen LogP contribution in [-0.2, 0) is 0 Å². The molecule has 2 rings (SSSR count). The van der Waals surface area contributed by atoms with E-state index in [0.29, 0.717) is 12.0 Å². The van der Waals surface area contributed by atoms with Gasteiger partial charge in [0.15, 0.2) is 0 Å². The lowest BCUT2D eigenvalue weighted by Crippen LogP contribution is -2.08. The molecule has 0 unspecified atom stereocenters. The van der Waals surface area contributed by atoms with Gasteiger partial charge >= 0.3 is 0 Å². The highest BCUT2D eigenvalue weighted by Crippen LogP contribution is 2.33. The van der Waals surface area contributed by atoms with Gasteiger partial charge in [0.1, 0.15) is 11.5 Å². The Morgan fingerprint density at radius 3 is 2.47 bits per heavy atom. The molecular formula is C14H21NO2. The van der Waals surface area contributed by atoms with Crippen LogP contribution in [0.15, 0.2) is 12.3 Å². The van der Waals surface area contributed by atoms with Crippen LogP contribution in [-0.4, -0.2) is 17.2 Å². The van der Waals surface area contributed by atoms with E-state index < -0.39 is 0 Å². The lowest BCUT2D eigenvalue weighted by Gasteiger charge is -2.15. The predicted molar refractivity (Wildman–Crippen MR) is 67.7 cm³/mol. The van der Waals surface area contributed by atoms with E-state index in [2.05, 4.69) is 18.8 Å². The molecule has 1 saturated carbocycles. The van der Waals surface area contributed by atoms with Crippen LogP contribution in [0.5, 0.6) is 11.5 Å². The summed E-state index contributed by atoms with van der Waals surface area (Å²) in [5.41, 5.74) is 1.02. The molecule has 1 aromatic heterocycles. The molecule has 94 valence electrons. The maximum atomic E-state index is 5.90. The third kappa shape index (κ3) is 3.35. The van der Waals surface area contributed by atoms with Gasteiger partial charge in [-0.1, -0.05) is 13.8 Å². The summed E-state index contributed by atoms with van der Waals surface area (Å²) in [6.07, 6.45) is 4.66. The Morgan fingerprint density at radius 1 is 1.24 bits per heavy atom. The fourth-order valence-corrected chi connectivity index (χ4v) is 1.67. The molecule has 1 heterocycles. The van der Waals surface area contributed by atoms with Crippen LogP contribution < -0.4 is 9.47 Å². The molecule has 0 aliphatic heterocycles. The molecule has 0 atom stereocenters. The van der Waals surface area contributed by atoms with Crippen LogP contribution in [0.25, 0.3) is 0 Å². The first-order chi connectivity index (χ1) is 8.06. The number of ether oxygens (including phenoxy) is 2. The van der Waals surface area contributed by atoms with Gasteiger partial charge in [-0.2, -0.15) is 0 Å².